The SMILES string of the molecule is CC1(C)C[CH]N(c2nnc(C(F)(F)F)s2)C1. The van der Waals surface area contributed by atoms with E-state index in [0.717, 1.165) is 6.42 Å². The van der Waals surface area contributed by atoms with Gasteiger partial charge >= 0.3 is 6.18 Å². The molecule has 3 nitrogen and oxygen atoms in total. The van der Waals surface area contributed by atoms with Gasteiger partial charge in [-0.25, -0.2) is 0 Å². The van der Waals surface area contributed by atoms with Gasteiger partial charge in [-0.05, 0) is 11.8 Å². The zero-order valence-electron chi connectivity index (χ0n) is 8.88. The van der Waals surface area contributed by atoms with Crippen LogP contribution < -0.4 is 4.90 Å². The van der Waals surface area contributed by atoms with E-state index in [1.807, 2.05) is 6.54 Å². The summed E-state index contributed by atoms with van der Waals surface area (Å²) >= 11 is 0.585. The third-order valence-corrected chi connectivity index (χ3v) is 3.37. The molecule has 2 rings (SSSR count). The van der Waals surface area contributed by atoms with E-state index >= 15 is 0 Å². The minimum Gasteiger partial charge on any atom is -0.341 e. The summed E-state index contributed by atoms with van der Waals surface area (Å²) < 4.78 is 37.0. The largest absolute Gasteiger partial charge is 0.445 e. The summed E-state index contributed by atoms with van der Waals surface area (Å²) in [6, 6.07) is 0. The molecule has 0 atom stereocenters. The minimum atomic E-state index is -4.40. The van der Waals surface area contributed by atoms with Gasteiger partial charge in [-0.2, -0.15) is 13.2 Å². The molecule has 1 saturated heterocycles. The number of alkyl halides is 3. The summed E-state index contributed by atoms with van der Waals surface area (Å²) in [5.74, 6) is 0. The van der Waals surface area contributed by atoms with Crippen molar-refractivity contribution in [2.45, 2.75) is 26.4 Å². The first-order valence-corrected chi connectivity index (χ1v) is 5.60. The highest BCUT2D eigenvalue weighted by molar-refractivity contribution is 7.15. The highest BCUT2D eigenvalue weighted by atomic mass is 32.1. The second kappa shape index (κ2) is 3.58. The van der Waals surface area contributed by atoms with Gasteiger partial charge in [0.15, 0.2) is 0 Å². The van der Waals surface area contributed by atoms with Crippen LogP contribution >= 0.6 is 11.3 Å². The third-order valence-electron chi connectivity index (χ3n) is 2.37. The fraction of sp³-hybridized carbons (Fsp3) is 0.667. The van der Waals surface area contributed by atoms with Gasteiger partial charge in [0.1, 0.15) is 0 Å². The maximum atomic E-state index is 12.3. The van der Waals surface area contributed by atoms with Crippen molar-refractivity contribution in [3.8, 4) is 0 Å². The van der Waals surface area contributed by atoms with E-state index in [4.69, 9.17) is 0 Å². The lowest BCUT2D eigenvalue weighted by atomic mass is 9.93. The van der Waals surface area contributed by atoms with Crippen molar-refractivity contribution in [2.24, 2.45) is 5.41 Å². The standard InChI is InChI=1S/C9H11F3N3S/c1-8(2)3-4-15(5-8)7-14-13-6(16-7)9(10,11)12/h4H,3,5H2,1-2H3. The van der Waals surface area contributed by atoms with Gasteiger partial charge in [-0.15, -0.1) is 10.2 Å². The smallest absolute Gasteiger partial charge is 0.341 e. The first kappa shape index (κ1) is 11.6. The molecule has 1 aromatic rings. The molecule has 0 saturated carbocycles. The maximum Gasteiger partial charge on any atom is 0.445 e. The van der Waals surface area contributed by atoms with Crippen LogP contribution in [0.25, 0.3) is 0 Å². The van der Waals surface area contributed by atoms with Crippen LogP contribution in [0.3, 0.4) is 0 Å². The summed E-state index contributed by atoms with van der Waals surface area (Å²) in [5.41, 5.74) is 0.0874. The molecule has 0 N–H and O–H groups in total. The van der Waals surface area contributed by atoms with Crippen LogP contribution in [0.5, 0.6) is 0 Å². The predicted octanol–water partition coefficient (Wildman–Crippen LogP) is 2.95. The molecular formula is C9H11F3N3S. The average Bonchev–Trinajstić information content (AvgIpc) is 2.68. The van der Waals surface area contributed by atoms with Crippen molar-refractivity contribution in [1.82, 2.24) is 10.2 Å². The van der Waals surface area contributed by atoms with Crippen LogP contribution in [0, 0.1) is 12.0 Å². The van der Waals surface area contributed by atoms with Crippen LogP contribution in [0.2, 0.25) is 0 Å². The first-order valence-electron chi connectivity index (χ1n) is 4.79. The lowest BCUT2D eigenvalue weighted by Gasteiger charge is -2.17. The summed E-state index contributed by atoms with van der Waals surface area (Å²) in [5, 5.41) is 6.16. The van der Waals surface area contributed by atoms with E-state index in [2.05, 4.69) is 24.0 Å². The normalized spacial score (nSPS) is 20.4. The molecule has 0 amide bonds. The first-order chi connectivity index (χ1) is 7.28. The minimum absolute atomic E-state index is 0.0874. The molecule has 0 aromatic carbocycles. The second-order valence-electron chi connectivity index (χ2n) is 4.57. The number of hydrogen-bond donors (Lipinski definition) is 0. The Morgan fingerprint density at radius 3 is 2.50 bits per heavy atom. The Balaban J connectivity index is 2.15. The van der Waals surface area contributed by atoms with Gasteiger partial charge in [0.25, 0.3) is 0 Å². The highest BCUT2D eigenvalue weighted by Gasteiger charge is 2.38. The molecule has 1 aliphatic heterocycles. The fourth-order valence-corrected chi connectivity index (χ4v) is 2.25. The molecule has 1 fully saturated rings. The molecule has 0 bridgehead atoms. The van der Waals surface area contributed by atoms with Crippen LogP contribution in [0.1, 0.15) is 25.3 Å². The van der Waals surface area contributed by atoms with Crippen LogP contribution in [-0.4, -0.2) is 16.7 Å². The van der Waals surface area contributed by atoms with E-state index < -0.39 is 11.2 Å². The molecule has 0 unspecified atom stereocenters. The molecule has 7 heteroatoms. The lowest BCUT2D eigenvalue weighted by molar-refractivity contribution is -0.138. The Kier molecular flexibility index (Phi) is 2.60. The van der Waals surface area contributed by atoms with Crippen molar-refractivity contribution >= 4 is 16.5 Å². The summed E-state index contributed by atoms with van der Waals surface area (Å²) in [4.78, 5) is 1.74. The number of rotatable bonds is 1. The zero-order valence-corrected chi connectivity index (χ0v) is 9.69. The van der Waals surface area contributed by atoms with Gasteiger partial charge in [0.2, 0.25) is 10.1 Å². The van der Waals surface area contributed by atoms with E-state index in [0.29, 0.717) is 23.0 Å². The molecule has 0 spiro atoms. The molecule has 1 aromatic heterocycles. The van der Waals surface area contributed by atoms with Crippen molar-refractivity contribution < 1.29 is 13.2 Å². The average molecular weight is 250 g/mol. The zero-order chi connectivity index (χ0) is 12.0. The van der Waals surface area contributed by atoms with Gasteiger partial charge in [0, 0.05) is 6.54 Å². The molecule has 16 heavy (non-hydrogen) atoms. The monoisotopic (exact) mass is 250 g/mol. The van der Waals surface area contributed by atoms with Gasteiger partial charge in [0.05, 0.1) is 6.54 Å². The Bertz CT molecular complexity index is 386. The van der Waals surface area contributed by atoms with Gasteiger partial charge < -0.3 is 4.90 Å². The molecule has 89 valence electrons. The van der Waals surface area contributed by atoms with Gasteiger partial charge in [-0.3, -0.25) is 0 Å². The van der Waals surface area contributed by atoms with Crippen molar-refractivity contribution in [1.29, 1.82) is 0 Å². The Hall–Kier alpha value is -0.850. The number of halogens is 3. The Morgan fingerprint density at radius 2 is 2.06 bits per heavy atom. The second-order valence-corrected chi connectivity index (χ2v) is 5.52. The number of aromatic nitrogens is 2. The lowest BCUT2D eigenvalue weighted by Crippen LogP contribution is -2.20. The molecule has 1 aliphatic rings. The van der Waals surface area contributed by atoms with Crippen molar-refractivity contribution in [2.75, 3.05) is 11.4 Å². The summed E-state index contributed by atoms with van der Waals surface area (Å²) in [6.07, 6.45) is -3.56. The third kappa shape index (κ3) is 2.28. The quantitative estimate of drug-likeness (QED) is 0.767. The maximum absolute atomic E-state index is 12.3. The van der Waals surface area contributed by atoms with E-state index in [-0.39, 0.29) is 5.41 Å². The molecule has 1 radical (unpaired) electrons. The molecule has 2 heterocycles. The summed E-state index contributed by atoms with van der Waals surface area (Å²) in [6.45, 7) is 6.69. The van der Waals surface area contributed by atoms with E-state index in [1.165, 1.54) is 0 Å². The van der Waals surface area contributed by atoms with Crippen molar-refractivity contribution in [3.63, 3.8) is 0 Å². The predicted molar refractivity (Wildman–Crippen MR) is 55.0 cm³/mol. The topological polar surface area (TPSA) is 29.0 Å². The van der Waals surface area contributed by atoms with Gasteiger partial charge in [-0.1, -0.05) is 25.2 Å². The molecular weight excluding hydrogens is 239 g/mol. The van der Waals surface area contributed by atoms with E-state index in [1.54, 1.807) is 4.90 Å². The number of anilines is 1. The fourth-order valence-electron chi connectivity index (χ4n) is 1.54. The van der Waals surface area contributed by atoms with Crippen LogP contribution in [0.15, 0.2) is 0 Å². The highest BCUT2D eigenvalue weighted by Crippen LogP contribution is 2.39. The van der Waals surface area contributed by atoms with Crippen molar-refractivity contribution in [3.05, 3.63) is 11.6 Å². The Labute approximate surface area is 95.3 Å². The van der Waals surface area contributed by atoms with E-state index in [9.17, 15) is 13.2 Å². The van der Waals surface area contributed by atoms with Crippen LogP contribution in [0.4, 0.5) is 18.3 Å². The summed E-state index contributed by atoms with van der Waals surface area (Å²) in [7, 11) is 0. The van der Waals surface area contributed by atoms with Crippen LogP contribution in [-0.2, 0) is 6.18 Å². The number of nitrogens with zero attached hydrogens (tertiary/aromatic N) is 3. The molecule has 0 aliphatic carbocycles. The Morgan fingerprint density at radius 1 is 1.38 bits per heavy atom. The number of hydrogen-bond acceptors (Lipinski definition) is 4.